The molecule has 18 heavy (non-hydrogen) atoms. The topological polar surface area (TPSA) is 54.6 Å². The Morgan fingerprint density at radius 3 is 2.72 bits per heavy atom. The van der Waals surface area contributed by atoms with Gasteiger partial charge in [0, 0.05) is 12.6 Å². The number of carbonyl (C=O) groups is 1. The number of carboxylic acid groups (broad SMARTS) is 1. The van der Waals surface area contributed by atoms with E-state index in [-0.39, 0.29) is 11.0 Å². The molecule has 0 saturated heterocycles. The van der Waals surface area contributed by atoms with E-state index in [9.17, 15) is 9.90 Å². The first-order chi connectivity index (χ1) is 8.29. The van der Waals surface area contributed by atoms with E-state index in [2.05, 4.69) is 41.7 Å². The van der Waals surface area contributed by atoms with Gasteiger partial charge in [0.2, 0.25) is 0 Å². The summed E-state index contributed by atoms with van der Waals surface area (Å²) >= 11 is 3.35. The van der Waals surface area contributed by atoms with Gasteiger partial charge in [-0.05, 0) is 33.5 Å². The Morgan fingerprint density at radius 1 is 1.50 bits per heavy atom. The van der Waals surface area contributed by atoms with Crippen LogP contribution >= 0.6 is 15.9 Å². The second-order valence-corrected chi connectivity index (χ2v) is 6.25. The second-order valence-electron chi connectivity index (χ2n) is 5.50. The number of rotatable bonds is 2. The zero-order valence-electron chi connectivity index (χ0n) is 10.6. The molecule has 0 aliphatic carbocycles. The largest absolute Gasteiger partial charge is 0.478 e. The quantitative estimate of drug-likeness (QED) is 0.925. The lowest BCUT2D eigenvalue weighted by molar-refractivity contribution is 0.0698. The zero-order chi connectivity index (χ0) is 13.5. The fourth-order valence-electron chi connectivity index (χ4n) is 1.93. The average Bonchev–Trinajstić information content (AvgIpc) is 2.53. The Morgan fingerprint density at radius 2 is 2.17 bits per heavy atom. The van der Waals surface area contributed by atoms with Crippen molar-refractivity contribution in [3.8, 4) is 0 Å². The predicted octanol–water partition coefficient (Wildman–Crippen LogP) is 3.38. The minimum atomic E-state index is -0.941. The number of nitrogens with zero attached hydrogens (tertiary/aromatic N) is 2. The summed E-state index contributed by atoms with van der Waals surface area (Å²) in [6, 6.07) is 3.32. The lowest BCUT2D eigenvalue weighted by Crippen LogP contribution is -2.12. The molecule has 5 heteroatoms. The highest BCUT2D eigenvalue weighted by Gasteiger charge is 2.20. The number of aromatic nitrogens is 2. The van der Waals surface area contributed by atoms with E-state index in [0.29, 0.717) is 10.1 Å². The van der Waals surface area contributed by atoms with E-state index in [1.165, 1.54) is 0 Å². The van der Waals surface area contributed by atoms with Gasteiger partial charge in [0.15, 0.2) is 0 Å². The first-order valence-corrected chi connectivity index (χ1v) is 6.47. The minimum Gasteiger partial charge on any atom is -0.478 e. The number of pyridine rings is 1. The van der Waals surface area contributed by atoms with Gasteiger partial charge in [-0.2, -0.15) is 0 Å². The summed E-state index contributed by atoms with van der Waals surface area (Å²) in [5.74, 6) is -0.0732. The highest BCUT2D eigenvalue weighted by atomic mass is 79.9. The van der Waals surface area contributed by atoms with Crippen LogP contribution in [0.1, 0.15) is 37.0 Å². The molecule has 0 saturated carbocycles. The Balaban J connectivity index is 2.66. The molecule has 1 N–H and O–H groups in total. The van der Waals surface area contributed by atoms with Crippen LogP contribution in [0.3, 0.4) is 0 Å². The van der Waals surface area contributed by atoms with Crippen molar-refractivity contribution in [2.45, 2.75) is 27.2 Å². The maximum atomic E-state index is 11.2. The van der Waals surface area contributed by atoms with E-state index in [0.717, 1.165) is 12.2 Å². The van der Waals surface area contributed by atoms with Gasteiger partial charge in [0.05, 0.1) is 11.1 Å². The highest BCUT2D eigenvalue weighted by Crippen LogP contribution is 2.27. The predicted molar refractivity (Wildman–Crippen MR) is 73.0 cm³/mol. The number of imidazole rings is 1. The van der Waals surface area contributed by atoms with E-state index in [1.54, 1.807) is 12.1 Å². The van der Waals surface area contributed by atoms with E-state index in [1.807, 2.05) is 10.6 Å². The number of fused-ring (bicyclic) bond motifs is 1. The molecule has 0 bridgehead atoms. The molecule has 0 aliphatic rings. The Bertz CT molecular complexity index is 611. The molecule has 2 heterocycles. The zero-order valence-corrected chi connectivity index (χ0v) is 12.2. The second kappa shape index (κ2) is 4.39. The van der Waals surface area contributed by atoms with E-state index >= 15 is 0 Å². The highest BCUT2D eigenvalue weighted by molar-refractivity contribution is 9.10. The van der Waals surface area contributed by atoms with Crippen LogP contribution < -0.4 is 0 Å². The van der Waals surface area contributed by atoms with E-state index in [4.69, 9.17) is 0 Å². The lowest BCUT2D eigenvalue weighted by atomic mass is 9.92. The summed E-state index contributed by atoms with van der Waals surface area (Å²) in [4.78, 5) is 15.6. The minimum absolute atomic E-state index is 0.0972. The molecule has 0 spiro atoms. The van der Waals surface area contributed by atoms with Crippen LogP contribution in [-0.2, 0) is 6.42 Å². The molecule has 96 valence electrons. The summed E-state index contributed by atoms with van der Waals surface area (Å²) in [6.45, 7) is 6.38. The van der Waals surface area contributed by atoms with Crippen LogP contribution in [0.2, 0.25) is 0 Å². The van der Waals surface area contributed by atoms with Crippen molar-refractivity contribution in [3.05, 3.63) is 34.3 Å². The first kappa shape index (κ1) is 13.1. The number of hydrogen-bond acceptors (Lipinski definition) is 2. The number of aromatic carboxylic acids is 1. The van der Waals surface area contributed by atoms with Crippen LogP contribution in [0.4, 0.5) is 0 Å². The Kier molecular flexibility index (Phi) is 3.19. The standard InChI is InChI=1S/C13H15BrN2O2/c1-13(2,3)7-9-15-11(14)10-8(12(17)18)5-4-6-16(9)10/h4-6H,7H2,1-3H3,(H,17,18). The summed E-state index contributed by atoms with van der Waals surface area (Å²) in [5.41, 5.74) is 0.973. The molecule has 0 fully saturated rings. The van der Waals surface area contributed by atoms with Crippen molar-refractivity contribution < 1.29 is 9.90 Å². The van der Waals surface area contributed by atoms with Gasteiger partial charge in [0.25, 0.3) is 0 Å². The third kappa shape index (κ3) is 2.41. The fourth-order valence-corrected chi connectivity index (χ4v) is 2.54. The third-order valence-corrected chi connectivity index (χ3v) is 3.17. The molecule has 0 atom stereocenters. The Labute approximate surface area is 114 Å². The van der Waals surface area contributed by atoms with Crippen LogP contribution in [0, 0.1) is 5.41 Å². The van der Waals surface area contributed by atoms with Crippen LogP contribution in [-0.4, -0.2) is 20.5 Å². The van der Waals surface area contributed by atoms with Crippen LogP contribution in [0.5, 0.6) is 0 Å². The van der Waals surface area contributed by atoms with Crippen molar-refractivity contribution >= 4 is 27.4 Å². The molecule has 0 aliphatic heterocycles. The molecular formula is C13H15BrN2O2. The molecule has 0 unspecified atom stereocenters. The number of halogens is 1. The fraction of sp³-hybridized carbons (Fsp3) is 0.385. The van der Waals surface area contributed by atoms with E-state index < -0.39 is 5.97 Å². The molecule has 0 amide bonds. The molecule has 0 aromatic carbocycles. The number of hydrogen-bond donors (Lipinski definition) is 1. The monoisotopic (exact) mass is 310 g/mol. The van der Waals surface area contributed by atoms with Crippen molar-refractivity contribution in [2.24, 2.45) is 5.41 Å². The van der Waals surface area contributed by atoms with Gasteiger partial charge in [-0.15, -0.1) is 0 Å². The van der Waals surface area contributed by atoms with Gasteiger partial charge < -0.3 is 9.51 Å². The molecule has 0 radical (unpaired) electrons. The van der Waals surface area contributed by atoms with Gasteiger partial charge >= 0.3 is 5.97 Å². The van der Waals surface area contributed by atoms with Gasteiger partial charge in [-0.1, -0.05) is 20.8 Å². The lowest BCUT2D eigenvalue weighted by Gasteiger charge is -2.16. The van der Waals surface area contributed by atoms with Crippen molar-refractivity contribution in [3.63, 3.8) is 0 Å². The van der Waals surface area contributed by atoms with Gasteiger partial charge in [0.1, 0.15) is 10.4 Å². The molecule has 2 rings (SSSR count). The molecule has 2 aromatic rings. The summed E-state index contributed by atoms with van der Waals surface area (Å²) in [7, 11) is 0. The SMILES string of the molecule is CC(C)(C)Cc1nc(Br)c2c(C(=O)O)cccn12. The molecule has 4 nitrogen and oxygen atoms in total. The maximum absolute atomic E-state index is 11.2. The molecule has 2 aromatic heterocycles. The van der Waals surface area contributed by atoms with Gasteiger partial charge in [-0.3, -0.25) is 0 Å². The normalized spacial score (nSPS) is 12.0. The summed E-state index contributed by atoms with van der Waals surface area (Å²) < 4.78 is 2.43. The maximum Gasteiger partial charge on any atom is 0.337 e. The summed E-state index contributed by atoms with van der Waals surface area (Å²) in [6.07, 6.45) is 2.63. The Hall–Kier alpha value is -1.36. The van der Waals surface area contributed by atoms with Crippen molar-refractivity contribution in [2.75, 3.05) is 0 Å². The molecular weight excluding hydrogens is 296 g/mol. The van der Waals surface area contributed by atoms with Crippen molar-refractivity contribution in [1.29, 1.82) is 0 Å². The number of carboxylic acids is 1. The average molecular weight is 311 g/mol. The van der Waals surface area contributed by atoms with Crippen molar-refractivity contribution in [1.82, 2.24) is 9.38 Å². The summed E-state index contributed by atoms with van der Waals surface area (Å²) in [5, 5.41) is 9.19. The first-order valence-electron chi connectivity index (χ1n) is 5.68. The van der Waals surface area contributed by atoms with Crippen LogP contribution in [0.15, 0.2) is 22.9 Å². The smallest absolute Gasteiger partial charge is 0.337 e. The van der Waals surface area contributed by atoms with Crippen LogP contribution in [0.25, 0.3) is 5.52 Å². The third-order valence-electron chi connectivity index (χ3n) is 2.61. The van der Waals surface area contributed by atoms with Gasteiger partial charge in [-0.25, -0.2) is 9.78 Å².